The third kappa shape index (κ3) is 6.67. The van der Waals surface area contributed by atoms with E-state index in [4.69, 9.17) is 19.4 Å². The molecule has 2 saturated heterocycles. The Balaban J connectivity index is 0.675. The zero-order valence-electron chi connectivity index (χ0n) is 40.1. The summed E-state index contributed by atoms with van der Waals surface area (Å²) in [6, 6.07) is 44.4. The predicted octanol–water partition coefficient (Wildman–Crippen LogP) is 8.83. The lowest BCUT2D eigenvalue weighted by Gasteiger charge is -2.32. The molecule has 2 aromatic heterocycles. The SMILES string of the molecule is COC(=O)N[C@@H]1CC1(C(=O)N1CC[C@H]2CC21c1ncc(-c2ccc(-c3ccc(-c4ccc(-c5cnc(C67CC6CCN7C(=O)[C@]6(c7ccccc7)C[C@H]6NC(=O)OC)[nH]5)cc4)cc3)cc2)[nH]1)c1ccccc1. The molecule has 6 aliphatic rings. The predicted molar refractivity (Wildman–Crippen MR) is 269 cm³/mol. The minimum Gasteiger partial charge on any atom is -0.453 e. The van der Waals surface area contributed by atoms with Gasteiger partial charge in [-0.05, 0) is 94.9 Å². The molecule has 13 rings (SSSR count). The van der Waals surface area contributed by atoms with E-state index >= 15 is 0 Å². The molecule has 5 aromatic carbocycles. The molecule has 8 atom stereocenters. The number of ether oxygens (including phenoxy) is 2. The Morgan fingerprint density at radius 2 is 0.847 bits per heavy atom. The number of carbonyl (C=O) groups is 4. The molecular weight excluding hydrogens is 905 g/mol. The molecule has 2 aliphatic heterocycles. The van der Waals surface area contributed by atoms with Gasteiger partial charge in [-0.3, -0.25) is 9.59 Å². The summed E-state index contributed by atoms with van der Waals surface area (Å²) in [5.41, 5.74) is 7.38. The van der Waals surface area contributed by atoms with Crippen LogP contribution in [0.3, 0.4) is 0 Å². The number of benzene rings is 5. The highest BCUT2D eigenvalue weighted by molar-refractivity contribution is 5.96. The minimum atomic E-state index is -0.839. The molecule has 6 fully saturated rings. The first-order valence-electron chi connectivity index (χ1n) is 25.0. The standard InChI is InChI=1S/C58H54N8O6/c1-71-53(69)63-47-31-55(47,41-9-5-3-6-10-41)51(67)65-27-25-43-29-57(43,65)49-59-33-45(61-49)39-21-17-37(18-22-39)35-13-15-36(16-14-35)38-19-23-40(24-20-38)46-34-60-50(62-46)58-30-44(58)26-28-66(58)52(68)56(42-11-7-4-8-12-42)32-48(56)64-54(70)72-2/h3-24,33-34,43-44,47-48H,25-32H2,1-2H3,(H,59,61)(H,60,62)(H,63,69)(H,64,70)/t43-,44?,47+,48+,55?,56-,57?,58?/m0/s1. The number of H-pyrrole nitrogens is 2. The normalized spacial score (nSPS) is 28.1. The Morgan fingerprint density at radius 1 is 0.500 bits per heavy atom. The summed E-state index contributed by atoms with van der Waals surface area (Å²) < 4.78 is 9.81. The average Bonchev–Trinajstić information content (AvgIpc) is 4.40. The van der Waals surface area contributed by atoms with Gasteiger partial charge in [0.25, 0.3) is 0 Å². The lowest BCUT2D eigenvalue weighted by molar-refractivity contribution is -0.137. The average molecular weight is 959 g/mol. The number of likely N-dealkylation sites (tertiary alicyclic amines) is 2. The fraction of sp³-hybridized carbons (Fsp3) is 0.310. The maximum Gasteiger partial charge on any atom is 0.407 e. The number of methoxy groups -OCH3 is 2. The van der Waals surface area contributed by atoms with E-state index in [0.29, 0.717) is 37.8 Å². The molecule has 4 unspecified atom stereocenters. The van der Waals surface area contributed by atoms with E-state index in [0.717, 1.165) is 93.2 Å². The van der Waals surface area contributed by atoms with Crippen LogP contribution in [0.1, 0.15) is 61.3 Å². The monoisotopic (exact) mass is 958 g/mol. The Bertz CT molecular complexity index is 3050. The molecule has 4 amide bonds. The number of fused-ring (bicyclic) bond motifs is 2. The Labute approximate surface area is 416 Å². The van der Waals surface area contributed by atoms with Crippen molar-refractivity contribution < 1.29 is 28.7 Å². The van der Waals surface area contributed by atoms with Crippen LogP contribution in [0.5, 0.6) is 0 Å². The van der Waals surface area contributed by atoms with Crippen molar-refractivity contribution >= 4 is 24.0 Å². The van der Waals surface area contributed by atoms with Gasteiger partial charge in [-0.15, -0.1) is 0 Å². The number of aromatic amines is 2. The van der Waals surface area contributed by atoms with E-state index in [1.807, 2.05) is 82.9 Å². The lowest BCUT2D eigenvalue weighted by atomic mass is 9.92. The molecule has 7 aromatic rings. The molecule has 0 radical (unpaired) electrons. The van der Waals surface area contributed by atoms with Crippen LogP contribution in [0.25, 0.3) is 44.8 Å². The number of nitrogens with one attached hydrogen (secondary N) is 4. The van der Waals surface area contributed by atoms with Crippen LogP contribution in [-0.2, 0) is 41.0 Å². The number of hydrogen-bond donors (Lipinski definition) is 4. The van der Waals surface area contributed by atoms with Crippen molar-refractivity contribution in [3.05, 3.63) is 169 Å². The number of rotatable bonds is 12. The van der Waals surface area contributed by atoms with Crippen LogP contribution >= 0.6 is 0 Å². The molecule has 0 bridgehead atoms. The van der Waals surface area contributed by atoms with Crippen LogP contribution in [-0.4, -0.2) is 93.1 Å². The molecule has 4 N–H and O–H groups in total. The fourth-order valence-electron chi connectivity index (χ4n) is 12.8. The highest BCUT2D eigenvalue weighted by Gasteiger charge is 2.73. The van der Waals surface area contributed by atoms with Crippen LogP contribution in [0.2, 0.25) is 0 Å². The summed E-state index contributed by atoms with van der Waals surface area (Å²) in [5, 5.41) is 5.82. The van der Waals surface area contributed by atoms with E-state index in [1.54, 1.807) is 0 Å². The van der Waals surface area contributed by atoms with E-state index in [2.05, 4.69) is 93.4 Å². The zero-order valence-corrected chi connectivity index (χ0v) is 40.1. The lowest BCUT2D eigenvalue weighted by Crippen LogP contribution is -2.47. The first-order valence-corrected chi connectivity index (χ1v) is 25.0. The second kappa shape index (κ2) is 16.3. The topological polar surface area (TPSA) is 175 Å². The molecule has 4 heterocycles. The summed E-state index contributed by atoms with van der Waals surface area (Å²) in [5.74, 6) is 2.36. The van der Waals surface area contributed by atoms with Gasteiger partial charge in [-0.25, -0.2) is 19.6 Å². The molecule has 4 aliphatic carbocycles. The third-order valence-electron chi connectivity index (χ3n) is 17.1. The first-order chi connectivity index (χ1) is 35.1. The third-order valence-corrected chi connectivity index (χ3v) is 17.1. The van der Waals surface area contributed by atoms with Gasteiger partial charge < -0.3 is 39.9 Å². The van der Waals surface area contributed by atoms with Gasteiger partial charge in [-0.1, -0.05) is 133 Å². The van der Waals surface area contributed by atoms with Crippen molar-refractivity contribution in [2.75, 3.05) is 27.3 Å². The number of nitrogens with zero attached hydrogens (tertiary/aromatic N) is 4. The van der Waals surface area contributed by atoms with Crippen molar-refractivity contribution in [3.63, 3.8) is 0 Å². The van der Waals surface area contributed by atoms with Crippen molar-refractivity contribution in [3.8, 4) is 44.8 Å². The second-order valence-electron chi connectivity index (χ2n) is 20.6. The van der Waals surface area contributed by atoms with Gasteiger partial charge in [0.15, 0.2) is 0 Å². The van der Waals surface area contributed by atoms with Crippen molar-refractivity contribution in [2.45, 2.75) is 72.5 Å². The number of imidazole rings is 2. The van der Waals surface area contributed by atoms with Crippen LogP contribution in [0.4, 0.5) is 9.59 Å². The van der Waals surface area contributed by atoms with Gasteiger partial charge in [0.05, 0.1) is 60.9 Å². The number of amides is 4. The van der Waals surface area contributed by atoms with Crippen molar-refractivity contribution in [1.82, 2.24) is 40.4 Å². The summed E-state index contributed by atoms with van der Waals surface area (Å²) >= 11 is 0. The summed E-state index contributed by atoms with van der Waals surface area (Å²) in [4.78, 5) is 75.0. The molecule has 4 saturated carbocycles. The summed E-state index contributed by atoms with van der Waals surface area (Å²) in [6.07, 6.45) is 7.28. The van der Waals surface area contributed by atoms with E-state index < -0.39 is 34.1 Å². The summed E-state index contributed by atoms with van der Waals surface area (Å²) in [6.45, 7) is 1.29. The molecule has 72 heavy (non-hydrogen) atoms. The van der Waals surface area contributed by atoms with Crippen molar-refractivity contribution in [2.24, 2.45) is 11.8 Å². The largest absolute Gasteiger partial charge is 0.453 e. The molecule has 14 nitrogen and oxygen atoms in total. The van der Waals surface area contributed by atoms with Crippen LogP contribution < -0.4 is 10.6 Å². The zero-order chi connectivity index (χ0) is 49.0. The second-order valence-corrected chi connectivity index (χ2v) is 20.6. The molecule has 14 heteroatoms. The van der Waals surface area contributed by atoms with Gasteiger partial charge in [-0.2, -0.15) is 0 Å². The fourth-order valence-corrected chi connectivity index (χ4v) is 12.8. The number of alkyl carbamates (subject to hydrolysis) is 2. The first kappa shape index (κ1) is 44.0. The molecule has 362 valence electrons. The van der Waals surface area contributed by atoms with Crippen LogP contribution in [0.15, 0.2) is 146 Å². The Morgan fingerprint density at radius 3 is 1.18 bits per heavy atom. The Kier molecular flexibility index (Phi) is 9.94. The van der Waals surface area contributed by atoms with E-state index in [1.165, 1.54) is 14.2 Å². The number of carbonyl (C=O) groups excluding carboxylic acids is 4. The number of piperidine rings is 2. The molecular formula is C58H54N8O6. The number of aromatic nitrogens is 4. The highest BCUT2D eigenvalue weighted by atomic mass is 16.5. The van der Waals surface area contributed by atoms with E-state index in [-0.39, 0.29) is 23.9 Å². The van der Waals surface area contributed by atoms with Gasteiger partial charge in [0.2, 0.25) is 11.8 Å². The van der Waals surface area contributed by atoms with Crippen molar-refractivity contribution in [1.29, 1.82) is 0 Å². The highest BCUT2D eigenvalue weighted by Crippen LogP contribution is 2.66. The van der Waals surface area contributed by atoms with Crippen LogP contribution in [0, 0.1) is 11.8 Å². The number of hydrogen-bond acceptors (Lipinski definition) is 8. The van der Waals surface area contributed by atoms with Gasteiger partial charge in [0.1, 0.15) is 22.7 Å². The quantitative estimate of drug-likeness (QED) is 0.0940. The van der Waals surface area contributed by atoms with Gasteiger partial charge >= 0.3 is 12.2 Å². The maximum absolute atomic E-state index is 14.7. The minimum absolute atomic E-state index is 0.0291. The maximum atomic E-state index is 14.7. The summed E-state index contributed by atoms with van der Waals surface area (Å²) in [7, 11) is 2.68. The Hall–Kier alpha value is -8.00. The molecule has 0 spiro atoms. The van der Waals surface area contributed by atoms with Gasteiger partial charge in [0, 0.05) is 13.1 Å². The smallest absolute Gasteiger partial charge is 0.407 e. The van der Waals surface area contributed by atoms with E-state index in [9.17, 15) is 19.2 Å².